The van der Waals surface area contributed by atoms with Gasteiger partial charge in [-0.25, -0.2) is 0 Å². The summed E-state index contributed by atoms with van der Waals surface area (Å²) in [6, 6.07) is 5.07. The number of H-pyrrole nitrogens is 1. The summed E-state index contributed by atoms with van der Waals surface area (Å²) >= 11 is 4.05. The summed E-state index contributed by atoms with van der Waals surface area (Å²) in [5.41, 5.74) is 13.1. The molecule has 0 saturated heterocycles. The van der Waals surface area contributed by atoms with Crippen LogP contribution in [0.25, 0.3) is 10.9 Å². The zero-order chi connectivity index (χ0) is 21.6. The number of carbonyl (C=O) groups excluding carboxylic acids is 3. The van der Waals surface area contributed by atoms with Crippen LogP contribution in [0.3, 0.4) is 0 Å². The van der Waals surface area contributed by atoms with E-state index in [1.165, 1.54) is 0 Å². The Kier molecular flexibility index (Phi) is 8.10. The summed E-state index contributed by atoms with van der Waals surface area (Å²) < 4.78 is 0. The van der Waals surface area contributed by atoms with E-state index in [0.29, 0.717) is 0 Å². The molecule has 2 aromatic rings. The van der Waals surface area contributed by atoms with E-state index in [4.69, 9.17) is 11.5 Å². The van der Waals surface area contributed by atoms with Crippen molar-refractivity contribution in [2.45, 2.75) is 44.8 Å². The van der Waals surface area contributed by atoms with E-state index in [-0.39, 0.29) is 18.1 Å². The SMILES string of the molecule is CCC(C)C(N)C(=O)N[C@@H](Cc1c[nH]c2ccccc12)C(=O)N[C@@H](CS)C(N)=O. The monoisotopic (exact) mass is 419 g/mol. The van der Waals surface area contributed by atoms with Crippen LogP contribution in [0.15, 0.2) is 30.5 Å². The van der Waals surface area contributed by atoms with Crippen molar-refractivity contribution in [1.29, 1.82) is 0 Å². The normalized spacial score (nSPS) is 15.3. The van der Waals surface area contributed by atoms with E-state index < -0.39 is 35.8 Å². The molecular weight excluding hydrogens is 390 g/mol. The third-order valence-electron chi connectivity index (χ3n) is 5.13. The highest BCUT2D eigenvalue weighted by atomic mass is 32.1. The lowest BCUT2D eigenvalue weighted by atomic mass is 9.98. The molecule has 2 rings (SSSR count). The Morgan fingerprint density at radius 2 is 1.79 bits per heavy atom. The van der Waals surface area contributed by atoms with E-state index in [0.717, 1.165) is 22.9 Å². The second kappa shape index (κ2) is 10.3. The lowest BCUT2D eigenvalue weighted by Crippen LogP contribution is -2.57. The van der Waals surface area contributed by atoms with Crippen molar-refractivity contribution < 1.29 is 14.4 Å². The average molecular weight is 420 g/mol. The van der Waals surface area contributed by atoms with Crippen molar-refractivity contribution in [3.63, 3.8) is 0 Å². The largest absolute Gasteiger partial charge is 0.368 e. The molecule has 1 heterocycles. The predicted molar refractivity (Wildman–Crippen MR) is 116 cm³/mol. The number of rotatable bonds is 10. The number of benzene rings is 1. The molecular formula is C20H29N5O3S. The lowest BCUT2D eigenvalue weighted by Gasteiger charge is -2.24. The molecule has 9 heteroatoms. The minimum absolute atomic E-state index is 0.0393. The van der Waals surface area contributed by atoms with Crippen molar-refractivity contribution in [1.82, 2.24) is 15.6 Å². The molecule has 0 bridgehead atoms. The maximum Gasteiger partial charge on any atom is 0.243 e. The molecule has 0 aliphatic heterocycles. The molecule has 8 nitrogen and oxygen atoms in total. The molecule has 1 aromatic heterocycles. The smallest absolute Gasteiger partial charge is 0.243 e. The Balaban J connectivity index is 2.25. The van der Waals surface area contributed by atoms with Gasteiger partial charge < -0.3 is 27.1 Å². The van der Waals surface area contributed by atoms with Crippen LogP contribution >= 0.6 is 12.6 Å². The molecule has 0 aliphatic rings. The summed E-state index contributed by atoms with van der Waals surface area (Å²) in [6.45, 7) is 3.82. The van der Waals surface area contributed by atoms with E-state index in [9.17, 15) is 14.4 Å². The number of aromatic amines is 1. The Labute approximate surface area is 175 Å². The molecule has 158 valence electrons. The molecule has 29 heavy (non-hydrogen) atoms. The van der Waals surface area contributed by atoms with Gasteiger partial charge >= 0.3 is 0 Å². The lowest BCUT2D eigenvalue weighted by molar-refractivity contribution is -0.131. The summed E-state index contributed by atoms with van der Waals surface area (Å²) in [5.74, 6) is -1.61. The third-order valence-corrected chi connectivity index (χ3v) is 5.50. The van der Waals surface area contributed by atoms with Crippen LogP contribution in [0.4, 0.5) is 0 Å². The number of para-hydroxylation sites is 1. The first-order valence-electron chi connectivity index (χ1n) is 9.59. The van der Waals surface area contributed by atoms with Gasteiger partial charge in [-0.15, -0.1) is 0 Å². The van der Waals surface area contributed by atoms with E-state index >= 15 is 0 Å². The second-order valence-electron chi connectivity index (χ2n) is 7.18. The van der Waals surface area contributed by atoms with Gasteiger partial charge in [-0.05, 0) is 17.5 Å². The maximum absolute atomic E-state index is 12.9. The van der Waals surface area contributed by atoms with Crippen molar-refractivity contribution in [2.75, 3.05) is 5.75 Å². The number of amides is 3. The molecule has 1 aromatic carbocycles. The average Bonchev–Trinajstić information content (AvgIpc) is 3.12. The first-order valence-corrected chi connectivity index (χ1v) is 10.2. The Morgan fingerprint density at radius 3 is 2.41 bits per heavy atom. The molecule has 0 saturated carbocycles. The summed E-state index contributed by atoms with van der Waals surface area (Å²) in [6.07, 6.45) is 2.76. The van der Waals surface area contributed by atoms with Crippen molar-refractivity contribution in [3.8, 4) is 0 Å². The van der Waals surface area contributed by atoms with Gasteiger partial charge in [-0.2, -0.15) is 12.6 Å². The number of primary amides is 1. The highest BCUT2D eigenvalue weighted by Gasteiger charge is 2.29. The molecule has 0 spiro atoms. The van der Waals surface area contributed by atoms with Gasteiger partial charge in [0.05, 0.1) is 6.04 Å². The number of fused-ring (bicyclic) bond motifs is 1. The molecule has 0 aliphatic carbocycles. The van der Waals surface area contributed by atoms with Crippen molar-refractivity contribution in [3.05, 3.63) is 36.0 Å². The van der Waals surface area contributed by atoms with Gasteiger partial charge in [0.25, 0.3) is 0 Å². The van der Waals surface area contributed by atoms with Crippen LogP contribution in [0.5, 0.6) is 0 Å². The Hall–Kier alpha value is -2.52. The van der Waals surface area contributed by atoms with Gasteiger partial charge in [0.1, 0.15) is 12.1 Å². The van der Waals surface area contributed by atoms with E-state index in [2.05, 4.69) is 28.2 Å². The van der Waals surface area contributed by atoms with Gasteiger partial charge in [0, 0.05) is 29.3 Å². The first-order chi connectivity index (χ1) is 13.8. The summed E-state index contributed by atoms with van der Waals surface area (Å²) in [7, 11) is 0. The molecule has 2 unspecified atom stereocenters. The van der Waals surface area contributed by atoms with Crippen LogP contribution in [-0.4, -0.2) is 46.6 Å². The fourth-order valence-corrected chi connectivity index (χ4v) is 3.26. The molecule has 0 radical (unpaired) electrons. The number of aromatic nitrogens is 1. The second-order valence-corrected chi connectivity index (χ2v) is 7.55. The van der Waals surface area contributed by atoms with E-state index in [1.54, 1.807) is 6.20 Å². The first kappa shape index (κ1) is 22.8. The standard InChI is InChI=1S/C20H29N5O3S/c1-3-11(2)17(21)20(28)24-15(19(27)25-16(10-29)18(22)26)8-12-9-23-14-7-5-4-6-13(12)14/h4-7,9,11,15-17,23,29H,3,8,10,21H2,1-2H3,(H2,22,26)(H,24,28)(H,25,27)/t11?,15-,16-,17?/m0/s1. The summed E-state index contributed by atoms with van der Waals surface area (Å²) in [5, 5.41) is 6.25. The van der Waals surface area contributed by atoms with Crippen LogP contribution in [0.1, 0.15) is 25.8 Å². The topological polar surface area (TPSA) is 143 Å². The van der Waals surface area contributed by atoms with Crippen LogP contribution < -0.4 is 22.1 Å². The number of hydrogen-bond acceptors (Lipinski definition) is 5. The van der Waals surface area contributed by atoms with Crippen LogP contribution in [0.2, 0.25) is 0 Å². The van der Waals surface area contributed by atoms with E-state index in [1.807, 2.05) is 38.1 Å². The van der Waals surface area contributed by atoms with Gasteiger partial charge in [0.2, 0.25) is 17.7 Å². The number of hydrogen-bond donors (Lipinski definition) is 6. The molecule has 3 amide bonds. The summed E-state index contributed by atoms with van der Waals surface area (Å²) in [4.78, 5) is 40.1. The fourth-order valence-electron chi connectivity index (χ4n) is 2.99. The van der Waals surface area contributed by atoms with Crippen molar-refractivity contribution in [2.24, 2.45) is 17.4 Å². The minimum atomic E-state index is -0.934. The van der Waals surface area contributed by atoms with Gasteiger partial charge in [-0.3, -0.25) is 14.4 Å². The Bertz CT molecular complexity index is 869. The third kappa shape index (κ3) is 5.74. The van der Waals surface area contributed by atoms with Crippen LogP contribution in [-0.2, 0) is 20.8 Å². The molecule has 7 N–H and O–H groups in total. The maximum atomic E-state index is 12.9. The highest BCUT2D eigenvalue weighted by Crippen LogP contribution is 2.19. The number of nitrogens with two attached hydrogens (primary N) is 2. The molecule has 4 atom stereocenters. The number of carbonyl (C=O) groups is 3. The van der Waals surface area contributed by atoms with Crippen molar-refractivity contribution >= 4 is 41.3 Å². The minimum Gasteiger partial charge on any atom is -0.368 e. The van der Waals surface area contributed by atoms with Gasteiger partial charge in [0.15, 0.2) is 0 Å². The zero-order valence-corrected chi connectivity index (χ0v) is 17.5. The van der Waals surface area contributed by atoms with Gasteiger partial charge in [-0.1, -0.05) is 38.5 Å². The number of nitrogens with one attached hydrogen (secondary N) is 3. The zero-order valence-electron chi connectivity index (χ0n) is 16.6. The predicted octanol–water partition coefficient (Wildman–Crippen LogP) is 0.469. The highest BCUT2D eigenvalue weighted by molar-refractivity contribution is 7.80. The van der Waals surface area contributed by atoms with Crippen LogP contribution in [0, 0.1) is 5.92 Å². The molecule has 0 fully saturated rings. The number of thiol groups is 1. The quantitative estimate of drug-likeness (QED) is 0.311. The Morgan fingerprint density at radius 1 is 1.14 bits per heavy atom. The fraction of sp³-hybridized carbons (Fsp3) is 0.450.